The van der Waals surface area contributed by atoms with Gasteiger partial charge in [0.05, 0.1) is 19.9 Å². The van der Waals surface area contributed by atoms with Gasteiger partial charge in [-0.15, -0.1) is 0 Å². The topological polar surface area (TPSA) is 113 Å². The number of hydrogen-bond acceptors (Lipinski definition) is 6. The Labute approximate surface area is 176 Å². The first-order valence-electron chi connectivity index (χ1n) is 9.92. The number of nitrogens with one attached hydrogen (secondary N) is 3. The van der Waals surface area contributed by atoms with Crippen LogP contribution in [0.1, 0.15) is 45.2 Å². The fourth-order valence-electron chi connectivity index (χ4n) is 2.63. The molecule has 0 aliphatic rings. The molecule has 0 unspecified atom stereocenters. The normalized spacial score (nSPS) is 12.1. The van der Waals surface area contributed by atoms with Crippen LogP contribution < -0.4 is 15.4 Å². The lowest BCUT2D eigenvalue weighted by molar-refractivity contribution is 0.379. The van der Waals surface area contributed by atoms with E-state index in [1.165, 1.54) is 0 Å². The summed E-state index contributed by atoms with van der Waals surface area (Å²) in [6.45, 7) is 9.82. The summed E-state index contributed by atoms with van der Waals surface area (Å²) < 4.78 is 11.0. The van der Waals surface area contributed by atoms with Crippen molar-refractivity contribution in [2.45, 2.75) is 46.2 Å². The molecule has 0 amide bonds. The minimum Gasteiger partial charge on any atom is -0.497 e. The second kappa shape index (κ2) is 9.43. The minimum absolute atomic E-state index is 0.0717. The Hall–Kier alpha value is -3.36. The van der Waals surface area contributed by atoms with Crippen molar-refractivity contribution in [2.24, 2.45) is 4.99 Å². The molecule has 9 heteroatoms. The SMILES string of the molecule is CCNC(=NCc1nc(-c2ccc(OC)cc2)n[nH]1)NCc1ncc(C(C)(C)C)o1. The molecule has 0 atom stereocenters. The Morgan fingerprint density at radius 1 is 1.20 bits per heavy atom. The van der Waals surface area contributed by atoms with Crippen molar-refractivity contribution in [3.63, 3.8) is 0 Å². The van der Waals surface area contributed by atoms with Crippen LogP contribution in [0.5, 0.6) is 5.75 Å². The average Bonchev–Trinajstić information content (AvgIpc) is 3.40. The number of hydrogen-bond donors (Lipinski definition) is 3. The molecule has 0 aliphatic carbocycles. The third-order valence-electron chi connectivity index (χ3n) is 4.31. The Morgan fingerprint density at radius 3 is 2.60 bits per heavy atom. The second-order valence-electron chi connectivity index (χ2n) is 7.75. The van der Waals surface area contributed by atoms with Crippen LogP contribution in [0.2, 0.25) is 0 Å². The Morgan fingerprint density at radius 2 is 1.97 bits per heavy atom. The zero-order chi connectivity index (χ0) is 21.6. The van der Waals surface area contributed by atoms with Gasteiger partial charge in [-0.25, -0.2) is 15.0 Å². The van der Waals surface area contributed by atoms with Crippen LogP contribution in [-0.4, -0.2) is 39.8 Å². The van der Waals surface area contributed by atoms with E-state index in [4.69, 9.17) is 9.15 Å². The standard InChI is InChI=1S/C21H29N7O2/c1-6-22-20(25-13-18-23-11-16(30-18)21(2,3)4)24-12-17-26-19(28-27-17)14-7-9-15(29-5)10-8-14/h7-11H,6,12-13H2,1-5H3,(H2,22,24,25)(H,26,27,28). The van der Waals surface area contributed by atoms with Crippen LogP contribution in [0, 0.1) is 0 Å². The van der Waals surface area contributed by atoms with Gasteiger partial charge in [-0.1, -0.05) is 20.8 Å². The molecule has 3 N–H and O–H groups in total. The van der Waals surface area contributed by atoms with Crippen molar-refractivity contribution in [3.8, 4) is 17.1 Å². The van der Waals surface area contributed by atoms with Crippen LogP contribution >= 0.6 is 0 Å². The predicted octanol–water partition coefficient (Wildman–Crippen LogP) is 3.02. The molecule has 0 fully saturated rings. The summed E-state index contributed by atoms with van der Waals surface area (Å²) in [6.07, 6.45) is 1.77. The smallest absolute Gasteiger partial charge is 0.213 e. The fourth-order valence-corrected chi connectivity index (χ4v) is 2.63. The van der Waals surface area contributed by atoms with Gasteiger partial charge < -0.3 is 19.8 Å². The van der Waals surface area contributed by atoms with E-state index in [1.54, 1.807) is 13.3 Å². The van der Waals surface area contributed by atoms with Gasteiger partial charge in [-0.2, -0.15) is 5.10 Å². The van der Waals surface area contributed by atoms with E-state index < -0.39 is 0 Å². The van der Waals surface area contributed by atoms with Gasteiger partial charge in [0, 0.05) is 17.5 Å². The van der Waals surface area contributed by atoms with Gasteiger partial charge in [-0.05, 0) is 31.2 Å². The quantitative estimate of drug-likeness (QED) is 0.404. The van der Waals surface area contributed by atoms with Gasteiger partial charge in [0.1, 0.15) is 23.9 Å². The number of H-pyrrole nitrogens is 1. The molecule has 9 nitrogen and oxygen atoms in total. The molecule has 2 aromatic heterocycles. The van der Waals surface area contributed by atoms with Crippen molar-refractivity contribution in [1.29, 1.82) is 0 Å². The third kappa shape index (κ3) is 5.59. The highest BCUT2D eigenvalue weighted by atomic mass is 16.5. The van der Waals surface area contributed by atoms with Crippen molar-refractivity contribution in [2.75, 3.05) is 13.7 Å². The molecule has 0 bridgehead atoms. The number of guanidine groups is 1. The number of rotatable bonds is 7. The van der Waals surface area contributed by atoms with Crippen molar-refractivity contribution >= 4 is 5.96 Å². The maximum Gasteiger partial charge on any atom is 0.213 e. The van der Waals surface area contributed by atoms with E-state index in [0.29, 0.717) is 36.6 Å². The molecular weight excluding hydrogens is 382 g/mol. The molecule has 0 saturated carbocycles. The van der Waals surface area contributed by atoms with Crippen LogP contribution in [0.3, 0.4) is 0 Å². The Bertz CT molecular complexity index is 968. The fraction of sp³-hybridized carbons (Fsp3) is 0.429. The summed E-state index contributed by atoms with van der Waals surface area (Å²) in [5.74, 6) is 4.21. The lowest BCUT2D eigenvalue weighted by Gasteiger charge is -2.13. The average molecular weight is 412 g/mol. The predicted molar refractivity (Wildman–Crippen MR) is 115 cm³/mol. The molecule has 160 valence electrons. The summed E-state index contributed by atoms with van der Waals surface area (Å²) in [6, 6.07) is 7.60. The number of aliphatic imine (C=N–C) groups is 1. The monoisotopic (exact) mass is 411 g/mol. The van der Waals surface area contributed by atoms with Crippen molar-refractivity contribution in [3.05, 3.63) is 47.9 Å². The molecule has 3 aromatic rings. The molecule has 0 aliphatic heterocycles. The number of oxazole rings is 1. The zero-order valence-electron chi connectivity index (χ0n) is 18.1. The highest BCUT2D eigenvalue weighted by molar-refractivity contribution is 5.79. The Kier molecular flexibility index (Phi) is 6.71. The number of benzene rings is 1. The van der Waals surface area contributed by atoms with E-state index in [0.717, 1.165) is 23.6 Å². The summed E-state index contributed by atoms with van der Waals surface area (Å²) >= 11 is 0. The van der Waals surface area contributed by atoms with Gasteiger partial charge in [0.15, 0.2) is 11.8 Å². The lowest BCUT2D eigenvalue weighted by atomic mass is 9.94. The number of methoxy groups -OCH3 is 1. The van der Waals surface area contributed by atoms with Crippen LogP contribution in [0.25, 0.3) is 11.4 Å². The minimum atomic E-state index is -0.0717. The largest absolute Gasteiger partial charge is 0.497 e. The molecule has 0 spiro atoms. The highest BCUT2D eigenvalue weighted by Crippen LogP contribution is 2.22. The molecule has 2 heterocycles. The summed E-state index contributed by atoms with van der Waals surface area (Å²) in [7, 11) is 1.64. The summed E-state index contributed by atoms with van der Waals surface area (Å²) in [5, 5.41) is 13.6. The molecule has 1 aromatic carbocycles. The highest BCUT2D eigenvalue weighted by Gasteiger charge is 2.19. The third-order valence-corrected chi connectivity index (χ3v) is 4.31. The van der Waals surface area contributed by atoms with Crippen LogP contribution in [0.4, 0.5) is 0 Å². The van der Waals surface area contributed by atoms with E-state index in [2.05, 4.69) is 56.6 Å². The van der Waals surface area contributed by atoms with Gasteiger partial charge in [-0.3, -0.25) is 5.10 Å². The first-order valence-corrected chi connectivity index (χ1v) is 9.92. The van der Waals surface area contributed by atoms with Gasteiger partial charge in [0.25, 0.3) is 0 Å². The van der Waals surface area contributed by atoms with Crippen molar-refractivity contribution < 1.29 is 9.15 Å². The molecule has 0 saturated heterocycles. The zero-order valence-corrected chi connectivity index (χ0v) is 18.1. The second-order valence-corrected chi connectivity index (χ2v) is 7.75. The molecule has 0 radical (unpaired) electrons. The van der Waals surface area contributed by atoms with E-state index in [1.807, 2.05) is 31.2 Å². The van der Waals surface area contributed by atoms with E-state index in [9.17, 15) is 0 Å². The van der Waals surface area contributed by atoms with Crippen LogP contribution in [0.15, 0.2) is 39.9 Å². The molecular formula is C21H29N7O2. The number of aromatic amines is 1. The lowest BCUT2D eigenvalue weighted by Crippen LogP contribution is -2.36. The summed E-state index contributed by atoms with van der Waals surface area (Å²) in [5.41, 5.74) is 0.836. The van der Waals surface area contributed by atoms with E-state index in [-0.39, 0.29) is 5.41 Å². The van der Waals surface area contributed by atoms with Crippen LogP contribution in [-0.2, 0) is 18.5 Å². The maximum absolute atomic E-state index is 5.81. The summed E-state index contributed by atoms with van der Waals surface area (Å²) in [4.78, 5) is 13.4. The molecule has 30 heavy (non-hydrogen) atoms. The first-order chi connectivity index (χ1) is 14.4. The number of ether oxygens (including phenoxy) is 1. The Balaban J connectivity index is 1.61. The van der Waals surface area contributed by atoms with Gasteiger partial charge >= 0.3 is 0 Å². The molecule has 3 rings (SSSR count). The number of nitrogens with zero attached hydrogens (tertiary/aromatic N) is 4. The maximum atomic E-state index is 5.81. The van der Waals surface area contributed by atoms with Gasteiger partial charge in [0.2, 0.25) is 5.89 Å². The van der Waals surface area contributed by atoms with Crippen molar-refractivity contribution in [1.82, 2.24) is 30.8 Å². The number of aromatic nitrogens is 4. The first kappa shape index (κ1) is 21.4. The van der Waals surface area contributed by atoms with E-state index >= 15 is 0 Å².